The van der Waals surface area contributed by atoms with E-state index in [0.717, 1.165) is 16.8 Å². The van der Waals surface area contributed by atoms with Crippen LogP contribution in [0.5, 0.6) is 0 Å². The Labute approximate surface area is 196 Å². The molecule has 1 aromatic heterocycles. The van der Waals surface area contributed by atoms with Gasteiger partial charge in [-0.2, -0.15) is 0 Å². The second-order valence-electron chi connectivity index (χ2n) is 7.67. The van der Waals surface area contributed by atoms with Crippen molar-refractivity contribution in [3.8, 4) is 0 Å². The van der Waals surface area contributed by atoms with Crippen LogP contribution in [-0.4, -0.2) is 20.3 Å². The molecule has 6 nitrogen and oxygen atoms in total. The van der Waals surface area contributed by atoms with E-state index in [9.17, 15) is 14.9 Å². The van der Waals surface area contributed by atoms with E-state index in [2.05, 4.69) is 4.57 Å². The quantitative estimate of drug-likeness (QED) is 0.242. The van der Waals surface area contributed by atoms with Crippen molar-refractivity contribution in [3.05, 3.63) is 135 Å². The first-order valence-electron chi connectivity index (χ1n) is 10.5. The number of benzene rings is 3. The summed E-state index contributed by atoms with van der Waals surface area (Å²) in [5, 5.41) is 11.9. The van der Waals surface area contributed by atoms with Crippen LogP contribution in [0.15, 0.2) is 97.2 Å². The zero-order valence-corrected chi connectivity index (χ0v) is 18.6. The topological polar surface area (TPSA) is 68.4 Å². The monoisotopic (exact) mass is 459 g/mol. The van der Waals surface area contributed by atoms with Crippen LogP contribution in [0.25, 0.3) is 0 Å². The lowest BCUT2D eigenvalue weighted by Gasteiger charge is -2.24. The summed E-state index contributed by atoms with van der Waals surface area (Å²) < 4.78 is 2.06. The fourth-order valence-corrected chi connectivity index (χ4v) is 3.89. The molecular formula is C26H22ClN3O3. The molecule has 3 aromatic carbocycles. The SMILES string of the molecule is O=C(c1cccc([N+](=O)[O-])c1)N(Cc1ccccc1)Cc1cccn1Cc1ccccc1Cl. The molecule has 4 aromatic rings. The van der Waals surface area contributed by atoms with E-state index in [1.54, 1.807) is 11.0 Å². The van der Waals surface area contributed by atoms with Gasteiger partial charge in [0.1, 0.15) is 0 Å². The van der Waals surface area contributed by atoms with Crippen molar-refractivity contribution in [2.24, 2.45) is 0 Å². The maximum Gasteiger partial charge on any atom is 0.270 e. The molecule has 0 spiro atoms. The second kappa shape index (κ2) is 10.1. The fourth-order valence-electron chi connectivity index (χ4n) is 3.69. The highest BCUT2D eigenvalue weighted by molar-refractivity contribution is 6.31. The van der Waals surface area contributed by atoms with Crippen LogP contribution in [0.1, 0.15) is 27.2 Å². The Balaban J connectivity index is 1.63. The Morgan fingerprint density at radius 2 is 1.67 bits per heavy atom. The molecule has 0 N–H and O–H groups in total. The van der Waals surface area contributed by atoms with Gasteiger partial charge in [-0.1, -0.05) is 66.2 Å². The van der Waals surface area contributed by atoms with E-state index in [4.69, 9.17) is 11.6 Å². The van der Waals surface area contributed by atoms with Crippen LogP contribution >= 0.6 is 11.6 Å². The molecule has 4 rings (SSSR count). The zero-order valence-electron chi connectivity index (χ0n) is 17.8. The molecule has 0 saturated carbocycles. The fraction of sp³-hybridized carbons (Fsp3) is 0.115. The van der Waals surface area contributed by atoms with E-state index >= 15 is 0 Å². The number of hydrogen-bond donors (Lipinski definition) is 0. The highest BCUT2D eigenvalue weighted by atomic mass is 35.5. The molecule has 0 fully saturated rings. The molecule has 33 heavy (non-hydrogen) atoms. The number of nitro benzene ring substituents is 1. The number of carbonyl (C=O) groups excluding carboxylic acids is 1. The Kier molecular flexibility index (Phi) is 6.86. The molecule has 0 aliphatic rings. The number of nitro groups is 1. The van der Waals surface area contributed by atoms with Gasteiger partial charge in [-0.15, -0.1) is 0 Å². The minimum Gasteiger partial charge on any atom is -0.345 e. The first-order valence-corrected chi connectivity index (χ1v) is 10.8. The summed E-state index contributed by atoms with van der Waals surface area (Å²) in [6, 6.07) is 27.1. The van der Waals surface area contributed by atoms with Gasteiger partial charge in [0.05, 0.1) is 11.5 Å². The smallest absolute Gasteiger partial charge is 0.270 e. The summed E-state index contributed by atoms with van der Waals surface area (Å²) in [7, 11) is 0. The van der Waals surface area contributed by atoms with Gasteiger partial charge < -0.3 is 9.47 Å². The first-order chi connectivity index (χ1) is 16.0. The molecule has 1 amide bonds. The largest absolute Gasteiger partial charge is 0.345 e. The van der Waals surface area contributed by atoms with Gasteiger partial charge in [0.15, 0.2) is 0 Å². The highest BCUT2D eigenvalue weighted by Crippen LogP contribution is 2.21. The molecule has 0 atom stereocenters. The minimum atomic E-state index is -0.493. The molecular weight excluding hydrogens is 438 g/mol. The lowest BCUT2D eigenvalue weighted by Crippen LogP contribution is -2.31. The highest BCUT2D eigenvalue weighted by Gasteiger charge is 2.20. The maximum absolute atomic E-state index is 13.4. The van der Waals surface area contributed by atoms with Crippen molar-refractivity contribution in [2.75, 3.05) is 0 Å². The first kappa shape index (κ1) is 22.3. The molecule has 0 saturated heterocycles. The van der Waals surface area contributed by atoms with E-state index in [-0.39, 0.29) is 17.2 Å². The van der Waals surface area contributed by atoms with E-state index in [1.165, 1.54) is 18.2 Å². The standard InChI is InChI=1S/C26H22ClN3O3/c27-25-14-5-4-10-22(25)18-28-15-7-13-24(28)19-29(17-20-8-2-1-3-9-20)26(31)21-11-6-12-23(16-21)30(32)33/h1-16H,17-19H2. The minimum absolute atomic E-state index is 0.109. The van der Waals surface area contributed by atoms with Gasteiger partial charge in [-0.25, -0.2) is 0 Å². The average molecular weight is 460 g/mol. The van der Waals surface area contributed by atoms with Crippen molar-refractivity contribution in [1.82, 2.24) is 9.47 Å². The Morgan fingerprint density at radius 1 is 0.909 bits per heavy atom. The summed E-state index contributed by atoms with van der Waals surface area (Å²) >= 11 is 6.34. The number of aromatic nitrogens is 1. The third kappa shape index (κ3) is 5.48. The van der Waals surface area contributed by atoms with Crippen LogP contribution in [0.4, 0.5) is 5.69 Å². The number of nitrogens with zero attached hydrogens (tertiary/aromatic N) is 3. The van der Waals surface area contributed by atoms with Crippen LogP contribution < -0.4 is 0 Å². The van der Waals surface area contributed by atoms with Gasteiger partial charge in [0.25, 0.3) is 11.6 Å². The number of rotatable bonds is 8. The predicted octanol–water partition coefficient (Wildman–Crippen LogP) is 5.94. The van der Waals surface area contributed by atoms with Crippen LogP contribution in [-0.2, 0) is 19.6 Å². The van der Waals surface area contributed by atoms with E-state index in [1.807, 2.05) is 72.9 Å². The van der Waals surface area contributed by atoms with Crippen LogP contribution in [0.2, 0.25) is 5.02 Å². The molecule has 166 valence electrons. The molecule has 7 heteroatoms. The van der Waals surface area contributed by atoms with E-state index in [0.29, 0.717) is 24.7 Å². The molecule has 1 heterocycles. The summed E-state index contributed by atoms with van der Waals surface area (Å²) in [6.07, 6.45) is 1.96. The normalized spacial score (nSPS) is 10.7. The van der Waals surface area contributed by atoms with Crippen molar-refractivity contribution in [1.29, 1.82) is 0 Å². The van der Waals surface area contributed by atoms with Gasteiger partial charge in [-0.05, 0) is 35.4 Å². The van der Waals surface area contributed by atoms with Gasteiger partial charge in [0, 0.05) is 47.7 Å². The van der Waals surface area contributed by atoms with Crippen LogP contribution in [0.3, 0.4) is 0 Å². The van der Waals surface area contributed by atoms with E-state index < -0.39 is 4.92 Å². The molecule has 0 aliphatic heterocycles. The van der Waals surface area contributed by atoms with Crippen LogP contribution in [0, 0.1) is 10.1 Å². The van der Waals surface area contributed by atoms with Crippen molar-refractivity contribution < 1.29 is 9.72 Å². The molecule has 0 radical (unpaired) electrons. The zero-order chi connectivity index (χ0) is 23.2. The number of carbonyl (C=O) groups is 1. The average Bonchev–Trinajstić information content (AvgIpc) is 3.27. The number of halogens is 1. The lowest BCUT2D eigenvalue weighted by atomic mass is 10.1. The maximum atomic E-state index is 13.4. The molecule has 0 bridgehead atoms. The Hall–Kier alpha value is -3.90. The van der Waals surface area contributed by atoms with Gasteiger partial charge >= 0.3 is 0 Å². The number of non-ortho nitro benzene ring substituents is 1. The van der Waals surface area contributed by atoms with Crippen molar-refractivity contribution in [3.63, 3.8) is 0 Å². The Bertz CT molecular complexity index is 1270. The number of amides is 1. The third-order valence-corrected chi connectivity index (χ3v) is 5.75. The second-order valence-corrected chi connectivity index (χ2v) is 8.08. The molecule has 0 unspecified atom stereocenters. The summed E-state index contributed by atoms with van der Waals surface area (Å²) in [5.74, 6) is -0.270. The summed E-state index contributed by atoms with van der Waals surface area (Å²) in [5.41, 5.74) is 3.06. The molecule has 0 aliphatic carbocycles. The van der Waals surface area contributed by atoms with Gasteiger partial charge in [-0.3, -0.25) is 14.9 Å². The van der Waals surface area contributed by atoms with Gasteiger partial charge in [0.2, 0.25) is 0 Å². The summed E-state index contributed by atoms with van der Waals surface area (Å²) in [4.78, 5) is 25.9. The number of hydrogen-bond acceptors (Lipinski definition) is 3. The summed E-state index contributed by atoms with van der Waals surface area (Å²) in [6.45, 7) is 1.29. The lowest BCUT2D eigenvalue weighted by molar-refractivity contribution is -0.384. The van der Waals surface area contributed by atoms with Crippen molar-refractivity contribution in [2.45, 2.75) is 19.6 Å². The van der Waals surface area contributed by atoms with Crippen molar-refractivity contribution >= 4 is 23.2 Å². The predicted molar refractivity (Wildman–Crippen MR) is 128 cm³/mol. The third-order valence-electron chi connectivity index (χ3n) is 5.38. The Morgan fingerprint density at radius 3 is 2.42 bits per heavy atom.